The summed E-state index contributed by atoms with van der Waals surface area (Å²) in [6.45, 7) is 3.97. The number of esters is 1. The predicted octanol–water partition coefficient (Wildman–Crippen LogP) is 6.19. The Morgan fingerprint density at radius 2 is 1.81 bits per heavy atom. The van der Waals surface area contributed by atoms with E-state index in [1.165, 1.54) is 11.6 Å². The molecule has 0 aromatic heterocycles. The number of aryl methyl sites for hydroxylation is 1. The molecule has 4 nitrogen and oxygen atoms in total. The standard InChI is InChI=1S/C24H27F3O4/c1-3-5-15-6-8-16(9-7-15)18-11-10-17(14-30-18)24(28)31-20-13-12-19(29-4-2)21(22(20)25)23(26)27/h6-9,12-13,17-18,23H,3-5,10-11,14H2,1-2H3. The van der Waals surface area contributed by atoms with Crippen molar-refractivity contribution in [2.45, 2.75) is 52.1 Å². The molecule has 31 heavy (non-hydrogen) atoms. The molecule has 0 bridgehead atoms. The monoisotopic (exact) mass is 436 g/mol. The highest BCUT2D eigenvalue weighted by Gasteiger charge is 2.31. The molecule has 2 aromatic rings. The van der Waals surface area contributed by atoms with Gasteiger partial charge in [-0.15, -0.1) is 0 Å². The zero-order chi connectivity index (χ0) is 22.4. The van der Waals surface area contributed by atoms with Gasteiger partial charge in [-0.1, -0.05) is 37.6 Å². The van der Waals surface area contributed by atoms with E-state index in [0.29, 0.717) is 12.8 Å². The molecule has 1 fully saturated rings. The van der Waals surface area contributed by atoms with Crippen molar-refractivity contribution in [2.24, 2.45) is 5.92 Å². The molecule has 1 aliphatic heterocycles. The third kappa shape index (κ3) is 5.58. The van der Waals surface area contributed by atoms with Gasteiger partial charge in [-0.3, -0.25) is 4.79 Å². The number of alkyl halides is 2. The number of carbonyl (C=O) groups is 1. The largest absolute Gasteiger partial charge is 0.493 e. The topological polar surface area (TPSA) is 44.8 Å². The van der Waals surface area contributed by atoms with Gasteiger partial charge in [0, 0.05) is 0 Å². The Hall–Kier alpha value is -2.54. The SMILES string of the molecule is CCCc1ccc(C2CCC(C(=O)Oc3ccc(OCC)c(C(F)F)c3F)CO2)cc1. The molecular formula is C24H27F3O4. The van der Waals surface area contributed by atoms with Crippen LogP contribution in [-0.2, 0) is 16.0 Å². The van der Waals surface area contributed by atoms with Gasteiger partial charge in [0.1, 0.15) is 5.75 Å². The van der Waals surface area contributed by atoms with Crippen LogP contribution in [0.15, 0.2) is 36.4 Å². The highest BCUT2D eigenvalue weighted by atomic mass is 19.3. The number of carbonyl (C=O) groups excluding carboxylic acids is 1. The zero-order valence-electron chi connectivity index (χ0n) is 17.7. The first-order valence-corrected chi connectivity index (χ1v) is 10.6. The van der Waals surface area contributed by atoms with Crippen molar-refractivity contribution < 1.29 is 32.2 Å². The van der Waals surface area contributed by atoms with E-state index in [0.717, 1.165) is 24.5 Å². The lowest BCUT2D eigenvalue weighted by Crippen LogP contribution is -2.30. The summed E-state index contributed by atoms with van der Waals surface area (Å²) in [5, 5.41) is 0. The van der Waals surface area contributed by atoms with Crippen LogP contribution in [0.5, 0.6) is 11.5 Å². The summed E-state index contributed by atoms with van der Waals surface area (Å²) in [4.78, 5) is 12.5. The molecule has 0 aliphatic carbocycles. The van der Waals surface area contributed by atoms with E-state index in [4.69, 9.17) is 14.2 Å². The van der Waals surface area contributed by atoms with Gasteiger partial charge in [0.05, 0.1) is 30.8 Å². The van der Waals surface area contributed by atoms with Crippen molar-refractivity contribution in [1.82, 2.24) is 0 Å². The van der Waals surface area contributed by atoms with Crippen LogP contribution in [0.3, 0.4) is 0 Å². The van der Waals surface area contributed by atoms with Crippen LogP contribution < -0.4 is 9.47 Å². The predicted molar refractivity (Wildman–Crippen MR) is 110 cm³/mol. The van der Waals surface area contributed by atoms with E-state index < -0.39 is 35.4 Å². The Labute approximate surface area is 180 Å². The van der Waals surface area contributed by atoms with Gasteiger partial charge < -0.3 is 14.2 Å². The quantitative estimate of drug-likeness (QED) is 0.366. The number of hydrogen-bond acceptors (Lipinski definition) is 4. The molecular weight excluding hydrogens is 409 g/mol. The first-order valence-electron chi connectivity index (χ1n) is 10.6. The molecule has 0 saturated carbocycles. The van der Waals surface area contributed by atoms with Crippen molar-refractivity contribution in [3.63, 3.8) is 0 Å². The molecule has 2 atom stereocenters. The van der Waals surface area contributed by atoms with Crippen LogP contribution in [0.4, 0.5) is 13.2 Å². The molecule has 1 saturated heterocycles. The van der Waals surface area contributed by atoms with E-state index in [2.05, 4.69) is 19.1 Å². The summed E-state index contributed by atoms with van der Waals surface area (Å²) >= 11 is 0. The van der Waals surface area contributed by atoms with Crippen LogP contribution in [0, 0.1) is 11.7 Å². The highest BCUT2D eigenvalue weighted by Crippen LogP contribution is 2.37. The highest BCUT2D eigenvalue weighted by molar-refractivity contribution is 5.75. The minimum Gasteiger partial charge on any atom is -0.493 e. The van der Waals surface area contributed by atoms with Gasteiger partial charge in [-0.25, -0.2) is 13.2 Å². The third-order valence-electron chi connectivity index (χ3n) is 5.33. The van der Waals surface area contributed by atoms with E-state index in [1.807, 2.05) is 12.1 Å². The summed E-state index contributed by atoms with van der Waals surface area (Å²) in [5.41, 5.74) is 1.41. The van der Waals surface area contributed by atoms with Crippen LogP contribution in [-0.4, -0.2) is 19.2 Å². The van der Waals surface area contributed by atoms with Crippen molar-refractivity contribution in [1.29, 1.82) is 0 Å². The number of halogens is 3. The van der Waals surface area contributed by atoms with Gasteiger partial charge in [0.2, 0.25) is 0 Å². The van der Waals surface area contributed by atoms with E-state index in [9.17, 15) is 18.0 Å². The fourth-order valence-corrected chi connectivity index (χ4v) is 3.70. The van der Waals surface area contributed by atoms with E-state index in [1.54, 1.807) is 6.92 Å². The summed E-state index contributed by atoms with van der Waals surface area (Å²) in [5.74, 6) is -3.35. The van der Waals surface area contributed by atoms with Gasteiger partial charge in [0.25, 0.3) is 6.43 Å². The molecule has 2 aromatic carbocycles. The molecule has 3 rings (SSSR count). The molecule has 0 radical (unpaired) electrons. The summed E-state index contributed by atoms with van der Waals surface area (Å²) in [6.07, 6.45) is 0.00279. The Kier molecular flexibility index (Phi) is 7.96. The zero-order valence-corrected chi connectivity index (χ0v) is 17.7. The lowest BCUT2D eigenvalue weighted by molar-refractivity contribution is -0.145. The molecule has 0 N–H and O–H groups in total. The fraction of sp³-hybridized carbons (Fsp3) is 0.458. The molecule has 0 amide bonds. The maximum Gasteiger partial charge on any atom is 0.316 e. The minimum atomic E-state index is -3.09. The Bertz CT molecular complexity index is 875. The Morgan fingerprint density at radius 3 is 2.39 bits per heavy atom. The maximum atomic E-state index is 14.5. The summed E-state index contributed by atoms with van der Waals surface area (Å²) in [6, 6.07) is 10.6. The smallest absolute Gasteiger partial charge is 0.316 e. The number of ether oxygens (including phenoxy) is 3. The molecule has 168 valence electrons. The van der Waals surface area contributed by atoms with Crippen LogP contribution >= 0.6 is 0 Å². The first kappa shape index (κ1) is 23.1. The summed E-state index contributed by atoms with van der Waals surface area (Å²) < 4.78 is 57.1. The third-order valence-corrected chi connectivity index (χ3v) is 5.33. The normalized spacial score (nSPS) is 18.8. The molecule has 2 unspecified atom stereocenters. The molecule has 0 spiro atoms. The lowest BCUT2D eigenvalue weighted by Gasteiger charge is -2.28. The van der Waals surface area contributed by atoms with Gasteiger partial charge >= 0.3 is 5.97 Å². The summed E-state index contributed by atoms with van der Waals surface area (Å²) in [7, 11) is 0. The van der Waals surface area contributed by atoms with Gasteiger partial charge in [-0.2, -0.15) is 0 Å². The molecule has 1 aliphatic rings. The lowest BCUT2D eigenvalue weighted by atomic mass is 9.94. The minimum absolute atomic E-state index is 0.111. The van der Waals surface area contributed by atoms with Crippen molar-refractivity contribution in [3.05, 3.63) is 58.9 Å². The number of benzene rings is 2. The number of hydrogen-bond donors (Lipinski definition) is 0. The second-order valence-corrected chi connectivity index (χ2v) is 7.53. The van der Waals surface area contributed by atoms with Gasteiger partial charge in [0.15, 0.2) is 11.6 Å². The van der Waals surface area contributed by atoms with Crippen LogP contribution in [0.25, 0.3) is 0 Å². The maximum absolute atomic E-state index is 14.5. The Balaban J connectivity index is 1.62. The second-order valence-electron chi connectivity index (χ2n) is 7.53. The van der Waals surface area contributed by atoms with Crippen LogP contribution in [0.1, 0.15) is 62.3 Å². The molecule has 1 heterocycles. The average molecular weight is 436 g/mol. The van der Waals surface area contributed by atoms with Crippen molar-refractivity contribution in [2.75, 3.05) is 13.2 Å². The van der Waals surface area contributed by atoms with E-state index >= 15 is 0 Å². The number of rotatable bonds is 8. The van der Waals surface area contributed by atoms with E-state index in [-0.39, 0.29) is 25.1 Å². The van der Waals surface area contributed by atoms with Crippen LogP contribution in [0.2, 0.25) is 0 Å². The van der Waals surface area contributed by atoms with Crippen molar-refractivity contribution >= 4 is 5.97 Å². The second kappa shape index (κ2) is 10.7. The Morgan fingerprint density at radius 1 is 1.10 bits per heavy atom. The fourth-order valence-electron chi connectivity index (χ4n) is 3.70. The van der Waals surface area contributed by atoms with Crippen molar-refractivity contribution in [3.8, 4) is 11.5 Å². The first-order chi connectivity index (χ1) is 14.9. The van der Waals surface area contributed by atoms with Gasteiger partial charge in [-0.05, 0) is 49.4 Å². The average Bonchev–Trinajstić information content (AvgIpc) is 2.76. The molecule has 7 heteroatoms.